The van der Waals surface area contributed by atoms with Gasteiger partial charge in [0, 0.05) is 11.7 Å². The SMILES string of the molecule is Cc1ccccc1C1C(C#N)=C(SCc2ccccc2)NC(=O)C1C#N. The van der Waals surface area contributed by atoms with E-state index in [-0.39, 0.29) is 5.91 Å². The molecule has 1 heterocycles. The largest absolute Gasteiger partial charge is 0.319 e. The van der Waals surface area contributed by atoms with Crippen molar-refractivity contribution < 1.29 is 4.79 Å². The molecule has 0 saturated heterocycles. The third-order valence-corrected chi connectivity index (χ3v) is 5.51. The van der Waals surface area contributed by atoms with Crippen LogP contribution in [0.1, 0.15) is 22.6 Å². The minimum Gasteiger partial charge on any atom is -0.319 e. The number of carbonyl (C=O) groups excluding carboxylic acids is 1. The predicted molar refractivity (Wildman–Crippen MR) is 102 cm³/mol. The van der Waals surface area contributed by atoms with Crippen LogP contribution in [-0.2, 0) is 10.5 Å². The number of aryl methyl sites for hydroxylation is 1. The maximum absolute atomic E-state index is 12.5. The van der Waals surface area contributed by atoms with Crippen LogP contribution < -0.4 is 5.32 Å². The summed E-state index contributed by atoms with van der Waals surface area (Å²) in [5.74, 6) is -1.17. The highest BCUT2D eigenvalue weighted by Gasteiger charge is 2.39. The van der Waals surface area contributed by atoms with Crippen LogP contribution >= 0.6 is 11.8 Å². The Labute approximate surface area is 157 Å². The Hall–Kier alpha value is -3.02. The molecule has 128 valence electrons. The monoisotopic (exact) mass is 359 g/mol. The number of carbonyl (C=O) groups is 1. The molecule has 1 amide bonds. The second kappa shape index (κ2) is 7.91. The van der Waals surface area contributed by atoms with E-state index in [9.17, 15) is 15.3 Å². The molecule has 0 bridgehead atoms. The third-order valence-electron chi connectivity index (χ3n) is 4.42. The van der Waals surface area contributed by atoms with Gasteiger partial charge in [0.1, 0.15) is 5.92 Å². The summed E-state index contributed by atoms with van der Waals surface area (Å²) in [6, 6.07) is 21.8. The lowest BCUT2D eigenvalue weighted by atomic mass is 9.78. The zero-order valence-electron chi connectivity index (χ0n) is 14.3. The van der Waals surface area contributed by atoms with Gasteiger partial charge in [-0.25, -0.2) is 0 Å². The zero-order chi connectivity index (χ0) is 18.5. The van der Waals surface area contributed by atoms with Crippen molar-refractivity contribution in [1.29, 1.82) is 10.5 Å². The highest BCUT2D eigenvalue weighted by Crippen LogP contribution is 2.40. The second-order valence-electron chi connectivity index (χ2n) is 6.06. The first-order valence-electron chi connectivity index (χ1n) is 8.22. The van der Waals surface area contributed by atoms with Crippen molar-refractivity contribution in [3.63, 3.8) is 0 Å². The lowest BCUT2D eigenvalue weighted by Gasteiger charge is -2.29. The van der Waals surface area contributed by atoms with Gasteiger partial charge in [0.05, 0.1) is 22.7 Å². The van der Waals surface area contributed by atoms with Crippen molar-refractivity contribution >= 4 is 17.7 Å². The Morgan fingerprint density at radius 2 is 1.77 bits per heavy atom. The number of rotatable bonds is 4. The van der Waals surface area contributed by atoms with E-state index in [0.29, 0.717) is 16.4 Å². The summed E-state index contributed by atoms with van der Waals surface area (Å²) in [5, 5.41) is 22.7. The molecule has 0 radical (unpaired) electrons. The Balaban J connectivity index is 2.01. The van der Waals surface area contributed by atoms with Crippen LogP contribution in [0, 0.1) is 35.5 Å². The number of nitriles is 2. The van der Waals surface area contributed by atoms with E-state index in [1.807, 2.05) is 61.5 Å². The normalized spacial score (nSPS) is 19.4. The smallest absolute Gasteiger partial charge is 0.243 e. The highest BCUT2D eigenvalue weighted by atomic mass is 32.2. The first kappa shape index (κ1) is 17.8. The van der Waals surface area contributed by atoms with Gasteiger partial charge in [0.15, 0.2) is 0 Å². The van der Waals surface area contributed by atoms with Gasteiger partial charge in [0.2, 0.25) is 5.91 Å². The van der Waals surface area contributed by atoms with Crippen molar-refractivity contribution in [1.82, 2.24) is 5.32 Å². The second-order valence-corrected chi connectivity index (χ2v) is 7.04. The number of amides is 1. The van der Waals surface area contributed by atoms with Crippen LogP contribution in [0.3, 0.4) is 0 Å². The molecule has 3 rings (SSSR count). The Morgan fingerprint density at radius 3 is 2.42 bits per heavy atom. The van der Waals surface area contributed by atoms with Gasteiger partial charge in [-0.05, 0) is 23.6 Å². The van der Waals surface area contributed by atoms with Gasteiger partial charge in [0.25, 0.3) is 0 Å². The fourth-order valence-electron chi connectivity index (χ4n) is 3.08. The minimum atomic E-state index is -0.910. The predicted octanol–water partition coefficient (Wildman–Crippen LogP) is 4.02. The summed E-state index contributed by atoms with van der Waals surface area (Å²) in [6.07, 6.45) is 0. The van der Waals surface area contributed by atoms with E-state index in [4.69, 9.17) is 0 Å². The summed E-state index contributed by atoms with van der Waals surface area (Å²) < 4.78 is 0. The summed E-state index contributed by atoms with van der Waals surface area (Å²) in [5.41, 5.74) is 3.37. The van der Waals surface area contributed by atoms with Crippen molar-refractivity contribution in [2.24, 2.45) is 5.92 Å². The molecule has 1 N–H and O–H groups in total. The molecular formula is C21H17N3OS. The summed E-state index contributed by atoms with van der Waals surface area (Å²) in [6.45, 7) is 1.93. The van der Waals surface area contributed by atoms with Gasteiger partial charge in [-0.2, -0.15) is 10.5 Å². The van der Waals surface area contributed by atoms with Crippen LogP contribution in [0.4, 0.5) is 0 Å². The van der Waals surface area contributed by atoms with Crippen LogP contribution in [0.5, 0.6) is 0 Å². The quantitative estimate of drug-likeness (QED) is 0.894. The van der Waals surface area contributed by atoms with Crippen LogP contribution in [-0.4, -0.2) is 5.91 Å². The topological polar surface area (TPSA) is 76.7 Å². The summed E-state index contributed by atoms with van der Waals surface area (Å²) >= 11 is 1.42. The van der Waals surface area contributed by atoms with Gasteiger partial charge in [-0.3, -0.25) is 4.79 Å². The van der Waals surface area contributed by atoms with Crippen LogP contribution in [0.15, 0.2) is 65.2 Å². The van der Waals surface area contributed by atoms with Gasteiger partial charge in [-0.1, -0.05) is 54.6 Å². The number of nitrogens with zero attached hydrogens (tertiary/aromatic N) is 2. The highest BCUT2D eigenvalue weighted by molar-refractivity contribution is 8.02. The average molecular weight is 359 g/mol. The number of hydrogen-bond donors (Lipinski definition) is 1. The van der Waals surface area contributed by atoms with Crippen molar-refractivity contribution in [2.75, 3.05) is 0 Å². The molecule has 2 atom stereocenters. The standard InChI is InChI=1S/C21H17N3OS/c1-14-7-5-6-10-16(14)19-17(11-22)20(25)24-21(18(19)12-23)26-13-15-8-3-2-4-9-15/h2-10,17,19H,13H2,1H3,(H,24,25). The molecule has 5 heteroatoms. The van der Waals surface area contributed by atoms with Crippen molar-refractivity contribution in [3.05, 3.63) is 81.9 Å². The van der Waals surface area contributed by atoms with Gasteiger partial charge >= 0.3 is 0 Å². The van der Waals surface area contributed by atoms with E-state index >= 15 is 0 Å². The first-order valence-corrected chi connectivity index (χ1v) is 9.21. The van der Waals surface area contributed by atoms with E-state index in [0.717, 1.165) is 16.7 Å². The first-order chi connectivity index (χ1) is 12.7. The van der Waals surface area contributed by atoms with Gasteiger partial charge in [-0.15, -0.1) is 11.8 Å². The Kier molecular flexibility index (Phi) is 5.41. The maximum Gasteiger partial charge on any atom is 0.243 e. The molecule has 0 spiro atoms. The molecule has 0 fully saturated rings. The van der Waals surface area contributed by atoms with Gasteiger partial charge < -0.3 is 5.32 Å². The van der Waals surface area contributed by atoms with E-state index in [1.54, 1.807) is 0 Å². The van der Waals surface area contributed by atoms with E-state index < -0.39 is 11.8 Å². The summed E-state index contributed by atoms with van der Waals surface area (Å²) in [4.78, 5) is 12.5. The fourth-order valence-corrected chi connectivity index (χ4v) is 4.09. The lowest BCUT2D eigenvalue weighted by molar-refractivity contribution is -0.123. The summed E-state index contributed by atoms with van der Waals surface area (Å²) in [7, 11) is 0. The van der Waals surface area contributed by atoms with Crippen LogP contribution in [0.2, 0.25) is 0 Å². The Morgan fingerprint density at radius 1 is 1.08 bits per heavy atom. The molecule has 26 heavy (non-hydrogen) atoms. The molecule has 2 aromatic carbocycles. The fraction of sp³-hybridized carbons (Fsp3) is 0.190. The van der Waals surface area contributed by atoms with E-state index in [1.165, 1.54) is 11.8 Å². The molecule has 0 aliphatic carbocycles. The van der Waals surface area contributed by atoms with Crippen LogP contribution in [0.25, 0.3) is 0 Å². The molecule has 2 unspecified atom stereocenters. The number of benzene rings is 2. The molecule has 0 saturated carbocycles. The average Bonchev–Trinajstić information content (AvgIpc) is 2.67. The number of allylic oxidation sites excluding steroid dienone is 1. The number of hydrogen-bond acceptors (Lipinski definition) is 4. The molecule has 1 aliphatic rings. The molecular weight excluding hydrogens is 342 g/mol. The van der Waals surface area contributed by atoms with Crippen molar-refractivity contribution in [2.45, 2.75) is 18.6 Å². The molecule has 4 nitrogen and oxygen atoms in total. The number of nitrogens with one attached hydrogen (secondary N) is 1. The maximum atomic E-state index is 12.5. The molecule has 2 aromatic rings. The van der Waals surface area contributed by atoms with Crippen molar-refractivity contribution in [3.8, 4) is 12.1 Å². The zero-order valence-corrected chi connectivity index (χ0v) is 15.1. The minimum absolute atomic E-state index is 0.352. The van der Waals surface area contributed by atoms with E-state index in [2.05, 4.69) is 17.5 Å². The molecule has 0 aromatic heterocycles. The third kappa shape index (κ3) is 3.49. The lowest BCUT2D eigenvalue weighted by Crippen LogP contribution is -2.39. The molecule has 1 aliphatic heterocycles. The number of thioether (sulfide) groups is 1. The Bertz CT molecular complexity index is 938.